The lowest BCUT2D eigenvalue weighted by atomic mass is 10.3. The summed E-state index contributed by atoms with van der Waals surface area (Å²) in [5.74, 6) is 0.843. The maximum absolute atomic E-state index is 11.5. The van der Waals surface area contributed by atoms with E-state index in [-0.39, 0.29) is 5.91 Å². The third kappa shape index (κ3) is 4.53. The van der Waals surface area contributed by atoms with Crippen LogP contribution < -0.4 is 10.6 Å². The monoisotopic (exact) mass is 233 g/mol. The van der Waals surface area contributed by atoms with Crippen LogP contribution in [0.1, 0.15) is 24.2 Å². The first kappa shape index (κ1) is 12.0. The predicted octanol–water partition coefficient (Wildman–Crippen LogP) is 1.01. The minimum atomic E-state index is 0.0361. The second kappa shape index (κ2) is 5.77. The zero-order valence-electron chi connectivity index (χ0n) is 10.2. The number of rotatable bonds is 6. The van der Waals surface area contributed by atoms with Gasteiger partial charge in [0.05, 0.1) is 18.8 Å². The average molecular weight is 233 g/mol. The van der Waals surface area contributed by atoms with Gasteiger partial charge in [-0.25, -0.2) is 0 Å². The van der Waals surface area contributed by atoms with Crippen LogP contribution in [0.2, 0.25) is 0 Å². The summed E-state index contributed by atoms with van der Waals surface area (Å²) >= 11 is 0. The van der Waals surface area contributed by atoms with E-state index in [1.165, 1.54) is 12.8 Å². The molecule has 4 nitrogen and oxygen atoms in total. The minimum absolute atomic E-state index is 0.0361. The lowest BCUT2D eigenvalue weighted by Crippen LogP contribution is -2.34. The van der Waals surface area contributed by atoms with Crippen molar-refractivity contribution in [3.05, 3.63) is 29.6 Å². The number of carbonyl (C=O) groups excluding carboxylic acids is 1. The number of aromatic nitrogens is 1. The summed E-state index contributed by atoms with van der Waals surface area (Å²) in [7, 11) is 0. The van der Waals surface area contributed by atoms with Crippen LogP contribution in [0.25, 0.3) is 0 Å². The van der Waals surface area contributed by atoms with E-state index in [1.54, 1.807) is 0 Å². The normalized spacial score (nSPS) is 14.6. The number of hydrogen-bond acceptors (Lipinski definition) is 3. The highest BCUT2D eigenvalue weighted by molar-refractivity contribution is 5.77. The molecule has 1 aromatic heterocycles. The van der Waals surface area contributed by atoms with Crippen molar-refractivity contribution >= 4 is 5.91 Å². The van der Waals surface area contributed by atoms with Gasteiger partial charge in [-0.05, 0) is 44.4 Å². The molecule has 1 heterocycles. The van der Waals surface area contributed by atoms with Crippen LogP contribution in [-0.2, 0) is 11.3 Å². The van der Waals surface area contributed by atoms with Crippen molar-refractivity contribution in [3.63, 3.8) is 0 Å². The topological polar surface area (TPSA) is 54.0 Å². The Morgan fingerprint density at radius 2 is 2.29 bits per heavy atom. The largest absolute Gasteiger partial charge is 0.349 e. The first-order valence-corrected chi connectivity index (χ1v) is 6.14. The van der Waals surface area contributed by atoms with Gasteiger partial charge in [-0.3, -0.25) is 9.78 Å². The second-order valence-electron chi connectivity index (χ2n) is 4.62. The quantitative estimate of drug-likeness (QED) is 0.771. The molecule has 0 aromatic carbocycles. The Kier molecular flexibility index (Phi) is 4.09. The maximum Gasteiger partial charge on any atom is 0.234 e. The fraction of sp³-hybridized carbons (Fsp3) is 0.538. The molecule has 1 fully saturated rings. The lowest BCUT2D eigenvalue weighted by molar-refractivity contribution is -0.120. The third-order valence-electron chi connectivity index (χ3n) is 2.83. The van der Waals surface area contributed by atoms with E-state index < -0.39 is 0 Å². The van der Waals surface area contributed by atoms with Gasteiger partial charge in [-0.1, -0.05) is 6.07 Å². The molecule has 1 aliphatic rings. The van der Waals surface area contributed by atoms with Gasteiger partial charge >= 0.3 is 0 Å². The van der Waals surface area contributed by atoms with Crippen LogP contribution in [0.15, 0.2) is 18.2 Å². The number of amides is 1. The Balaban J connectivity index is 1.64. The van der Waals surface area contributed by atoms with Crippen LogP contribution in [0.4, 0.5) is 0 Å². The molecule has 1 saturated carbocycles. The number of nitrogens with one attached hydrogen (secondary N) is 2. The van der Waals surface area contributed by atoms with Gasteiger partial charge in [-0.2, -0.15) is 0 Å². The Bertz CT molecular complexity index is 388. The van der Waals surface area contributed by atoms with Crippen LogP contribution in [0.5, 0.6) is 0 Å². The molecular weight excluding hydrogens is 214 g/mol. The summed E-state index contributed by atoms with van der Waals surface area (Å²) < 4.78 is 0. The highest BCUT2D eigenvalue weighted by atomic mass is 16.1. The van der Waals surface area contributed by atoms with E-state index in [9.17, 15) is 4.79 Å². The molecule has 0 bridgehead atoms. The van der Waals surface area contributed by atoms with Gasteiger partial charge in [0, 0.05) is 5.69 Å². The maximum atomic E-state index is 11.5. The van der Waals surface area contributed by atoms with E-state index >= 15 is 0 Å². The van der Waals surface area contributed by atoms with Crippen molar-refractivity contribution in [2.75, 3.05) is 13.1 Å². The van der Waals surface area contributed by atoms with Crippen molar-refractivity contribution < 1.29 is 4.79 Å². The number of pyridine rings is 1. The molecule has 1 amide bonds. The van der Waals surface area contributed by atoms with Gasteiger partial charge < -0.3 is 10.6 Å². The fourth-order valence-corrected chi connectivity index (χ4v) is 1.66. The number of carbonyl (C=O) groups is 1. The Labute approximate surface area is 102 Å². The number of aryl methyl sites for hydroxylation is 1. The summed E-state index contributed by atoms with van der Waals surface area (Å²) in [6.45, 7) is 3.83. The lowest BCUT2D eigenvalue weighted by Gasteiger charge is -2.06. The first-order valence-electron chi connectivity index (χ1n) is 6.14. The number of nitrogens with zero attached hydrogens (tertiary/aromatic N) is 1. The molecule has 0 spiro atoms. The van der Waals surface area contributed by atoms with E-state index in [1.807, 2.05) is 25.1 Å². The SMILES string of the molecule is Cc1cccc(CNC(=O)CNCC2CC2)n1. The molecule has 92 valence electrons. The van der Waals surface area contributed by atoms with Gasteiger partial charge in [0.15, 0.2) is 0 Å². The highest BCUT2D eigenvalue weighted by Crippen LogP contribution is 2.27. The zero-order chi connectivity index (χ0) is 12.1. The molecule has 17 heavy (non-hydrogen) atoms. The van der Waals surface area contributed by atoms with E-state index in [0.717, 1.165) is 23.9 Å². The Morgan fingerprint density at radius 3 is 3.00 bits per heavy atom. The standard InChI is InChI=1S/C13H19N3O/c1-10-3-2-4-12(16-10)8-15-13(17)9-14-7-11-5-6-11/h2-4,11,14H,5-9H2,1H3,(H,15,17). The molecule has 2 rings (SSSR count). The van der Waals surface area contributed by atoms with Crippen molar-refractivity contribution in [1.29, 1.82) is 0 Å². The van der Waals surface area contributed by atoms with Gasteiger partial charge in [0.1, 0.15) is 0 Å². The summed E-state index contributed by atoms with van der Waals surface area (Å²) in [4.78, 5) is 15.8. The molecule has 0 atom stereocenters. The van der Waals surface area contributed by atoms with Crippen LogP contribution in [0, 0.1) is 12.8 Å². The van der Waals surface area contributed by atoms with Crippen molar-refractivity contribution in [2.45, 2.75) is 26.3 Å². The summed E-state index contributed by atoms with van der Waals surface area (Å²) in [5, 5.41) is 6.02. The average Bonchev–Trinajstić information content (AvgIpc) is 3.11. The molecular formula is C13H19N3O. The highest BCUT2D eigenvalue weighted by Gasteiger charge is 2.20. The second-order valence-corrected chi connectivity index (χ2v) is 4.62. The molecule has 0 radical (unpaired) electrons. The van der Waals surface area contributed by atoms with Gasteiger partial charge in [0.25, 0.3) is 0 Å². The van der Waals surface area contributed by atoms with Crippen LogP contribution in [-0.4, -0.2) is 24.0 Å². The van der Waals surface area contributed by atoms with E-state index in [4.69, 9.17) is 0 Å². The fourth-order valence-electron chi connectivity index (χ4n) is 1.66. The smallest absolute Gasteiger partial charge is 0.234 e. The Hall–Kier alpha value is -1.42. The molecule has 1 aromatic rings. The summed E-state index contributed by atoms with van der Waals surface area (Å²) in [6, 6.07) is 5.82. The summed E-state index contributed by atoms with van der Waals surface area (Å²) in [5.41, 5.74) is 1.88. The van der Waals surface area contributed by atoms with Gasteiger partial charge in [0.2, 0.25) is 5.91 Å². The van der Waals surface area contributed by atoms with E-state index in [0.29, 0.717) is 13.1 Å². The predicted molar refractivity (Wildman–Crippen MR) is 66.4 cm³/mol. The van der Waals surface area contributed by atoms with Crippen LogP contribution >= 0.6 is 0 Å². The van der Waals surface area contributed by atoms with Crippen molar-refractivity contribution in [1.82, 2.24) is 15.6 Å². The molecule has 1 aliphatic carbocycles. The molecule has 0 saturated heterocycles. The molecule has 2 N–H and O–H groups in total. The molecule has 0 aliphatic heterocycles. The number of hydrogen-bond donors (Lipinski definition) is 2. The third-order valence-corrected chi connectivity index (χ3v) is 2.83. The molecule has 4 heteroatoms. The van der Waals surface area contributed by atoms with Crippen LogP contribution in [0.3, 0.4) is 0 Å². The molecule has 0 unspecified atom stereocenters. The van der Waals surface area contributed by atoms with Gasteiger partial charge in [-0.15, -0.1) is 0 Å². The van der Waals surface area contributed by atoms with Crippen molar-refractivity contribution in [3.8, 4) is 0 Å². The Morgan fingerprint density at radius 1 is 1.47 bits per heavy atom. The summed E-state index contributed by atoms with van der Waals surface area (Å²) in [6.07, 6.45) is 2.61. The zero-order valence-corrected chi connectivity index (χ0v) is 10.2. The first-order chi connectivity index (χ1) is 8.24. The minimum Gasteiger partial charge on any atom is -0.349 e. The van der Waals surface area contributed by atoms with Crippen molar-refractivity contribution in [2.24, 2.45) is 5.92 Å². The van der Waals surface area contributed by atoms with E-state index in [2.05, 4.69) is 15.6 Å².